The van der Waals surface area contributed by atoms with E-state index in [9.17, 15) is 22.4 Å². The molecule has 0 spiro atoms. The van der Waals surface area contributed by atoms with Gasteiger partial charge < -0.3 is 9.47 Å². The van der Waals surface area contributed by atoms with Crippen molar-refractivity contribution in [3.63, 3.8) is 0 Å². The lowest BCUT2D eigenvalue weighted by atomic mass is 10.2. The first-order chi connectivity index (χ1) is 10.5. The molecule has 2 rings (SSSR count). The maximum Gasteiger partial charge on any atom is 0.339 e. The predicted octanol–water partition coefficient (Wildman–Crippen LogP) is 3.00. The molecule has 0 radical (unpaired) electrons. The summed E-state index contributed by atoms with van der Waals surface area (Å²) in [5.74, 6) is -8.49. The number of pyridine rings is 1. The number of benzene rings is 1. The van der Waals surface area contributed by atoms with Crippen LogP contribution in [0.15, 0.2) is 24.4 Å². The predicted molar refractivity (Wildman–Crippen MR) is 66.2 cm³/mol. The molecule has 0 fully saturated rings. The van der Waals surface area contributed by atoms with Crippen molar-refractivity contribution in [2.45, 2.75) is 6.61 Å². The largest absolute Gasteiger partial charge is 0.481 e. The van der Waals surface area contributed by atoms with Crippen molar-refractivity contribution in [3.8, 4) is 5.75 Å². The van der Waals surface area contributed by atoms with Crippen molar-refractivity contribution in [1.82, 2.24) is 4.98 Å². The molecule has 0 N–H and O–H groups in total. The van der Waals surface area contributed by atoms with Gasteiger partial charge in [-0.25, -0.2) is 13.6 Å². The Morgan fingerprint density at radius 2 is 1.82 bits per heavy atom. The minimum Gasteiger partial charge on any atom is -0.481 e. The molecule has 1 aromatic carbocycles. The summed E-state index contributed by atoms with van der Waals surface area (Å²) >= 11 is 0. The topological polar surface area (TPSA) is 48.4 Å². The van der Waals surface area contributed by atoms with Gasteiger partial charge in [-0.1, -0.05) is 0 Å². The van der Waals surface area contributed by atoms with Crippen LogP contribution in [0.2, 0.25) is 0 Å². The summed E-state index contributed by atoms with van der Waals surface area (Å²) in [4.78, 5) is 15.3. The van der Waals surface area contributed by atoms with Crippen LogP contribution in [0, 0.1) is 23.3 Å². The summed E-state index contributed by atoms with van der Waals surface area (Å²) in [6.45, 7) is -0.581. The number of carbonyl (C=O) groups is 1. The molecule has 2 aromatic rings. The van der Waals surface area contributed by atoms with E-state index in [1.165, 1.54) is 18.3 Å². The molecule has 116 valence electrons. The third-order valence-electron chi connectivity index (χ3n) is 2.72. The fraction of sp³-hybridized carbons (Fsp3) is 0.143. The number of ether oxygens (including phenoxy) is 2. The maximum atomic E-state index is 13.5. The van der Waals surface area contributed by atoms with Crippen LogP contribution in [0.4, 0.5) is 17.6 Å². The van der Waals surface area contributed by atoms with Crippen LogP contribution >= 0.6 is 0 Å². The summed E-state index contributed by atoms with van der Waals surface area (Å²) < 4.78 is 62.3. The average Bonchev–Trinajstić information content (AvgIpc) is 2.52. The molecule has 22 heavy (non-hydrogen) atoms. The molecule has 0 atom stereocenters. The normalized spacial score (nSPS) is 10.4. The summed E-state index contributed by atoms with van der Waals surface area (Å²) in [5, 5.41) is 0. The van der Waals surface area contributed by atoms with Crippen molar-refractivity contribution in [2.24, 2.45) is 0 Å². The van der Waals surface area contributed by atoms with E-state index in [1.54, 1.807) is 0 Å². The van der Waals surface area contributed by atoms with Crippen molar-refractivity contribution in [2.75, 3.05) is 7.11 Å². The number of nitrogens with zero attached hydrogens (tertiary/aromatic N) is 1. The Labute approximate surface area is 122 Å². The number of hydrogen-bond acceptors (Lipinski definition) is 4. The number of hydrogen-bond donors (Lipinski definition) is 0. The molecule has 1 aromatic heterocycles. The monoisotopic (exact) mass is 315 g/mol. The van der Waals surface area contributed by atoms with E-state index < -0.39 is 41.6 Å². The van der Waals surface area contributed by atoms with Crippen molar-refractivity contribution < 1.29 is 31.8 Å². The zero-order valence-electron chi connectivity index (χ0n) is 11.2. The van der Waals surface area contributed by atoms with Crippen LogP contribution in [0.3, 0.4) is 0 Å². The van der Waals surface area contributed by atoms with Crippen LogP contribution < -0.4 is 4.74 Å². The lowest BCUT2D eigenvalue weighted by Crippen LogP contribution is -2.11. The van der Waals surface area contributed by atoms with Gasteiger partial charge in [-0.2, -0.15) is 8.78 Å². The molecule has 0 bridgehead atoms. The second-order valence-corrected chi connectivity index (χ2v) is 4.08. The molecule has 0 saturated heterocycles. The molecule has 0 saturated carbocycles. The molecular weight excluding hydrogens is 306 g/mol. The molecule has 1 heterocycles. The van der Waals surface area contributed by atoms with E-state index in [-0.39, 0.29) is 17.3 Å². The van der Waals surface area contributed by atoms with Gasteiger partial charge in [0.2, 0.25) is 11.6 Å². The standard InChI is InChI=1S/C14H9F4NO3/c1-21-14(20)7-3-2-4-19-10(7)6-22-13-11(17)8(15)5-9(16)12(13)18/h2-5H,6H2,1H3. The number of rotatable bonds is 4. The zero-order valence-corrected chi connectivity index (χ0v) is 11.2. The number of halogens is 4. The maximum absolute atomic E-state index is 13.5. The Morgan fingerprint density at radius 3 is 2.41 bits per heavy atom. The average molecular weight is 315 g/mol. The second-order valence-electron chi connectivity index (χ2n) is 4.08. The number of carbonyl (C=O) groups excluding carboxylic acids is 1. The first-order valence-electron chi connectivity index (χ1n) is 5.93. The van der Waals surface area contributed by atoms with Gasteiger partial charge in [-0.05, 0) is 12.1 Å². The van der Waals surface area contributed by atoms with Crippen LogP contribution in [0.1, 0.15) is 16.1 Å². The van der Waals surface area contributed by atoms with E-state index in [1.807, 2.05) is 0 Å². The fourth-order valence-corrected chi connectivity index (χ4v) is 1.67. The van der Waals surface area contributed by atoms with Crippen LogP contribution in [-0.4, -0.2) is 18.1 Å². The lowest BCUT2D eigenvalue weighted by molar-refractivity contribution is 0.0596. The van der Waals surface area contributed by atoms with Gasteiger partial charge in [0.15, 0.2) is 17.4 Å². The summed E-state index contributed by atoms with van der Waals surface area (Å²) in [6.07, 6.45) is 1.31. The van der Waals surface area contributed by atoms with Crippen LogP contribution in [0.5, 0.6) is 5.75 Å². The highest BCUT2D eigenvalue weighted by Crippen LogP contribution is 2.27. The van der Waals surface area contributed by atoms with E-state index >= 15 is 0 Å². The highest BCUT2D eigenvalue weighted by Gasteiger charge is 2.21. The van der Waals surface area contributed by atoms with E-state index in [2.05, 4.69) is 9.72 Å². The third kappa shape index (κ3) is 3.00. The number of esters is 1. The number of aromatic nitrogens is 1. The Morgan fingerprint density at radius 1 is 1.18 bits per heavy atom. The van der Waals surface area contributed by atoms with Gasteiger partial charge in [-0.15, -0.1) is 0 Å². The first-order valence-corrected chi connectivity index (χ1v) is 5.93. The van der Waals surface area contributed by atoms with Gasteiger partial charge in [-0.3, -0.25) is 4.98 Å². The van der Waals surface area contributed by atoms with Crippen molar-refractivity contribution in [3.05, 3.63) is 58.9 Å². The quantitative estimate of drug-likeness (QED) is 0.494. The number of methoxy groups -OCH3 is 1. The SMILES string of the molecule is COC(=O)c1cccnc1COc1c(F)c(F)cc(F)c1F. The molecule has 0 amide bonds. The summed E-state index contributed by atoms with van der Waals surface area (Å²) in [7, 11) is 1.14. The Kier molecular flexibility index (Phi) is 4.59. The Balaban J connectivity index is 2.31. The highest BCUT2D eigenvalue weighted by molar-refractivity contribution is 5.90. The van der Waals surface area contributed by atoms with Crippen molar-refractivity contribution >= 4 is 5.97 Å². The zero-order chi connectivity index (χ0) is 16.3. The Bertz CT molecular complexity index is 695. The molecule has 0 aliphatic heterocycles. The lowest BCUT2D eigenvalue weighted by Gasteiger charge is -2.11. The minimum absolute atomic E-state index is 0.00202. The fourth-order valence-electron chi connectivity index (χ4n) is 1.67. The van der Waals surface area contributed by atoms with E-state index in [0.29, 0.717) is 0 Å². The van der Waals surface area contributed by atoms with E-state index in [0.717, 1.165) is 7.11 Å². The van der Waals surface area contributed by atoms with Gasteiger partial charge in [0.1, 0.15) is 6.61 Å². The van der Waals surface area contributed by atoms with Gasteiger partial charge in [0.05, 0.1) is 18.4 Å². The van der Waals surface area contributed by atoms with Crippen molar-refractivity contribution in [1.29, 1.82) is 0 Å². The van der Waals surface area contributed by atoms with Gasteiger partial charge >= 0.3 is 5.97 Å². The van der Waals surface area contributed by atoms with Gasteiger partial charge in [0, 0.05) is 12.3 Å². The summed E-state index contributed by atoms with van der Waals surface area (Å²) in [5.41, 5.74) is 0.000473. The molecular formula is C14H9F4NO3. The summed E-state index contributed by atoms with van der Waals surface area (Å²) in [6, 6.07) is 2.87. The molecule has 0 unspecified atom stereocenters. The molecule has 0 aliphatic carbocycles. The molecule has 4 nitrogen and oxygen atoms in total. The minimum atomic E-state index is -1.67. The van der Waals surface area contributed by atoms with Gasteiger partial charge in [0.25, 0.3) is 0 Å². The molecule has 0 aliphatic rings. The third-order valence-corrected chi connectivity index (χ3v) is 2.72. The molecule has 8 heteroatoms. The second kappa shape index (κ2) is 6.42. The smallest absolute Gasteiger partial charge is 0.339 e. The first kappa shape index (κ1) is 15.7. The van der Waals surface area contributed by atoms with E-state index in [4.69, 9.17) is 4.74 Å². The Hall–Kier alpha value is -2.64. The van der Waals surface area contributed by atoms with Crippen LogP contribution in [0.25, 0.3) is 0 Å². The van der Waals surface area contributed by atoms with Crippen LogP contribution in [-0.2, 0) is 11.3 Å². The highest BCUT2D eigenvalue weighted by atomic mass is 19.2.